The molecule has 13 heteroatoms. The number of benzene rings is 3. The van der Waals surface area contributed by atoms with Gasteiger partial charge in [-0.3, -0.25) is 19.5 Å². The van der Waals surface area contributed by atoms with Crippen LogP contribution in [0, 0.1) is 10.1 Å². The lowest BCUT2D eigenvalue weighted by atomic mass is 9.96. The van der Waals surface area contributed by atoms with E-state index in [1.165, 1.54) is 22.0 Å². The molecule has 0 saturated carbocycles. The Hall–Kier alpha value is -5.82. The van der Waals surface area contributed by atoms with Crippen LogP contribution in [0.3, 0.4) is 0 Å². The minimum atomic E-state index is -0.809. The van der Waals surface area contributed by atoms with E-state index in [1.54, 1.807) is 76.0 Å². The van der Waals surface area contributed by atoms with Crippen molar-refractivity contribution in [2.75, 3.05) is 13.7 Å². The van der Waals surface area contributed by atoms with E-state index in [9.17, 15) is 19.7 Å². The maximum Gasteiger partial charge on any atom is 0.338 e. The lowest BCUT2D eigenvalue weighted by molar-refractivity contribution is -0.385. The standard InChI is InChI=1S/C36H33N5O7S/c1-6-47-29-17-14-24(18-28(29)41(44)45)32-25(20-39(38-32)26-10-8-7-9-11-26)19-30-34(42)40-33(23-12-15-27(46-5)16-13-23)31(35(43)48-21(2)3)22(4)37-36(40)49-30/h7-21,33H,6H2,1-5H3/b30-19+/t33-/m0/s1. The van der Waals surface area contributed by atoms with Crippen LogP contribution in [-0.4, -0.2) is 45.1 Å². The third kappa shape index (κ3) is 6.52. The van der Waals surface area contributed by atoms with Crippen LogP contribution < -0.4 is 24.4 Å². The minimum Gasteiger partial charge on any atom is -0.497 e. The molecule has 1 atom stereocenters. The molecule has 0 bridgehead atoms. The Morgan fingerprint density at radius 1 is 1.10 bits per heavy atom. The molecule has 2 aromatic heterocycles. The van der Waals surface area contributed by atoms with Crippen LogP contribution in [0.15, 0.2) is 100 Å². The Bertz CT molecular complexity index is 2270. The molecule has 1 aliphatic heterocycles. The van der Waals surface area contributed by atoms with E-state index in [-0.39, 0.29) is 35.3 Å². The van der Waals surface area contributed by atoms with E-state index < -0.39 is 16.9 Å². The number of hydrogen-bond acceptors (Lipinski definition) is 10. The zero-order valence-electron chi connectivity index (χ0n) is 27.4. The van der Waals surface area contributed by atoms with E-state index in [2.05, 4.69) is 4.99 Å². The Balaban J connectivity index is 1.56. The second-order valence-electron chi connectivity index (χ2n) is 11.4. The Morgan fingerprint density at radius 2 is 1.84 bits per heavy atom. The van der Waals surface area contributed by atoms with Crippen molar-refractivity contribution in [3.05, 3.63) is 131 Å². The quantitative estimate of drug-likeness (QED) is 0.109. The average molecular weight is 680 g/mol. The van der Waals surface area contributed by atoms with Crippen LogP contribution >= 0.6 is 11.3 Å². The summed E-state index contributed by atoms with van der Waals surface area (Å²) < 4.78 is 19.9. The number of ether oxygens (including phenoxy) is 3. The van der Waals surface area contributed by atoms with Crippen molar-refractivity contribution in [2.45, 2.75) is 39.8 Å². The first-order valence-corrected chi connectivity index (χ1v) is 16.4. The Kier molecular flexibility index (Phi) is 9.27. The largest absolute Gasteiger partial charge is 0.497 e. The summed E-state index contributed by atoms with van der Waals surface area (Å²) in [7, 11) is 1.56. The van der Waals surface area contributed by atoms with Gasteiger partial charge >= 0.3 is 11.7 Å². The summed E-state index contributed by atoms with van der Waals surface area (Å²) in [5.41, 5.74) is 3.00. The topological polar surface area (TPSA) is 140 Å². The molecule has 5 aromatic rings. The zero-order chi connectivity index (χ0) is 34.8. The number of nitro benzene ring substituents is 1. The summed E-state index contributed by atoms with van der Waals surface area (Å²) in [6.45, 7) is 7.27. The Labute approximate surface area is 285 Å². The summed E-state index contributed by atoms with van der Waals surface area (Å²) in [5, 5.41) is 16.8. The predicted molar refractivity (Wildman–Crippen MR) is 185 cm³/mol. The van der Waals surface area contributed by atoms with Crippen molar-refractivity contribution >= 4 is 29.1 Å². The molecule has 3 heterocycles. The zero-order valence-corrected chi connectivity index (χ0v) is 28.3. The van der Waals surface area contributed by atoms with Crippen molar-refractivity contribution < 1.29 is 23.9 Å². The summed E-state index contributed by atoms with van der Waals surface area (Å²) in [4.78, 5) is 44.4. The molecule has 0 aliphatic carbocycles. The van der Waals surface area contributed by atoms with Gasteiger partial charge in [0, 0.05) is 23.4 Å². The van der Waals surface area contributed by atoms with Crippen LogP contribution in [0.25, 0.3) is 23.0 Å². The van der Waals surface area contributed by atoms with Gasteiger partial charge in [0.1, 0.15) is 11.4 Å². The van der Waals surface area contributed by atoms with Crippen LogP contribution in [-0.2, 0) is 9.53 Å². The van der Waals surface area contributed by atoms with E-state index in [0.717, 1.165) is 5.69 Å². The second-order valence-corrected chi connectivity index (χ2v) is 12.4. The number of carbonyl (C=O) groups is 1. The van der Waals surface area contributed by atoms with E-state index >= 15 is 0 Å². The number of esters is 1. The molecule has 49 heavy (non-hydrogen) atoms. The molecule has 0 radical (unpaired) electrons. The van der Waals surface area contributed by atoms with Gasteiger partial charge in [-0.15, -0.1) is 0 Å². The van der Waals surface area contributed by atoms with Gasteiger partial charge in [0.25, 0.3) is 5.56 Å². The summed E-state index contributed by atoms with van der Waals surface area (Å²) in [5.74, 6) is 0.213. The van der Waals surface area contributed by atoms with Gasteiger partial charge in [0.05, 0.1) is 52.3 Å². The highest BCUT2D eigenvalue weighted by Crippen LogP contribution is 2.35. The highest BCUT2D eigenvalue weighted by molar-refractivity contribution is 7.07. The highest BCUT2D eigenvalue weighted by Gasteiger charge is 2.34. The average Bonchev–Trinajstić information content (AvgIpc) is 3.64. The molecule has 3 aromatic carbocycles. The molecule has 0 saturated heterocycles. The van der Waals surface area contributed by atoms with Gasteiger partial charge in [-0.2, -0.15) is 5.10 Å². The van der Waals surface area contributed by atoms with Crippen LogP contribution in [0.2, 0.25) is 0 Å². The predicted octanol–water partition coefficient (Wildman–Crippen LogP) is 5.36. The van der Waals surface area contributed by atoms with Crippen molar-refractivity contribution in [1.29, 1.82) is 0 Å². The van der Waals surface area contributed by atoms with Gasteiger partial charge in [-0.25, -0.2) is 14.5 Å². The van der Waals surface area contributed by atoms with Crippen LogP contribution in [0.4, 0.5) is 5.69 Å². The van der Waals surface area contributed by atoms with Crippen molar-refractivity contribution in [1.82, 2.24) is 14.3 Å². The third-order valence-electron chi connectivity index (χ3n) is 7.79. The van der Waals surface area contributed by atoms with Gasteiger partial charge in [-0.05, 0) is 75.7 Å². The summed E-state index contributed by atoms with van der Waals surface area (Å²) >= 11 is 1.17. The maximum absolute atomic E-state index is 14.4. The van der Waals surface area contributed by atoms with Crippen molar-refractivity contribution in [2.24, 2.45) is 4.99 Å². The van der Waals surface area contributed by atoms with Gasteiger partial charge in [0.15, 0.2) is 10.6 Å². The fourth-order valence-corrected chi connectivity index (χ4v) is 6.66. The maximum atomic E-state index is 14.4. The highest BCUT2D eigenvalue weighted by atomic mass is 32.1. The van der Waals surface area contributed by atoms with E-state index in [0.29, 0.717) is 43.2 Å². The normalized spacial score (nSPS) is 14.4. The number of para-hydroxylation sites is 1. The fraction of sp³-hybridized carbons (Fsp3) is 0.222. The van der Waals surface area contributed by atoms with Crippen molar-refractivity contribution in [3.63, 3.8) is 0 Å². The van der Waals surface area contributed by atoms with Crippen LogP contribution in [0.1, 0.15) is 44.9 Å². The fourth-order valence-electron chi connectivity index (χ4n) is 5.62. The Morgan fingerprint density at radius 3 is 2.49 bits per heavy atom. The van der Waals surface area contributed by atoms with Crippen LogP contribution in [0.5, 0.6) is 11.5 Å². The first-order valence-electron chi connectivity index (χ1n) is 15.5. The first kappa shape index (κ1) is 33.1. The molecule has 0 fully saturated rings. The number of nitrogens with zero attached hydrogens (tertiary/aromatic N) is 5. The van der Waals surface area contributed by atoms with Gasteiger partial charge < -0.3 is 14.2 Å². The number of allylic oxidation sites excluding steroid dienone is 1. The number of rotatable bonds is 10. The second kappa shape index (κ2) is 13.7. The molecule has 0 amide bonds. The SMILES string of the molecule is CCOc1ccc(-c2nn(-c3ccccc3)cc2/C=c2/sc3n(c2=O)[C@@H](c2ccc(OC)cc2)C(C(=O)OC(C)C)=C(C)N=3)cc1[N+](=O)[O-]. The molecule has 6 rings (SSSR count). The molecule has 0 unspecified atom stereocenters. The molecular weight excluding hydrogens is 646 g/mol. The molecular formula is C36H33N5O7S. The monoisotopic (exact) mass is 679 g/mol. The molecule has 12 nitrogen and oxygen atoms in total. The molecule has 0 spiro atoms. The minimum absolute atomic E-state index is 0.148. The lowest BCUT2D eigenvalue weighted by Crippen LogP contribution is -2.40. The molecule has 1 aliphatic rings. The lowest BCUT2D eigenvalue weighted by Gasteiger charge is -2.25. The number of carbonyl (C=O) groups excluding carboxylic acids is 1. The first-order chi connectivity index (χ1) is 23.6. The summed E-state index contributed by atoms with van der Waals surface area (Å²) in [6.07, 6.45) is 3.08. The number of methoxy groups -OCH3 is 1. The van der Waals surface area contributed by atoms with E-state index in [1.807, 2.05) is 42.5 Å². The smallest absolute Gasteiger partial charge is 0.338 e. The number of thiazole rings is 1. The number of hydrogen-bond donors (Lipinski definition) is 0. The third-order valence-corrected chi connectivity index (χ3v) is 8.78. The van der Waals surface area contributed by atoms with E-state index in [4.69, 9.17) is 19.3 Å². The molecule has 250 valence electrons. The number of nitro groups is 1. The van der Waals surface area contributed by atoms with Gasteiger partial charge in [0.2, 0.25) is 0 Å². The number of fused-ring (bicyclic) bond motifs is 1. The van der Waals surface area contributed by atoms with Gasteiger partial charge in [-0.1, -0.05) is 41.7 Å². The number of aromatic nitrogens is 3. The summed E-state index contributed by atoms with van der Waals surface area (Å²) in [6, 6.07) is 20.4. The van der Waals surface area contributed by atoms with Crippen molar-refractivity contribution in [3.8, 4) is 28.4 Å². The molecule has 0 N–H and O–H groups in total.